The van der Waals surface area contributed by atoms with Gasteiger partial charge in [-0.05, 0) is 60.1 Å². The minimum absolute atomic E-state index is 0.152. The first-order valence-corrected chi connectivity index (χ1v) is 13.4. The summed E-state index contributed by atoms with van der Waals surface area (Å²) in [5.41, 5.74) is 2.71. The van der Waals surface area contributed by atoms with E-state index in [1.54, 1.807) is 19.2 Å². The molecule has 0 radical (unpaired) electrons. The molecule has 0 saturated heterocycles. The van der Waals surface area contributed by atoms with Crippen molar-refractivity contribution in [2.24, 2.45) is 5.92 Å². The Morgan fingerprint density at radius 2 is 1.71 bits per heavy atom. The molecule has 41 heavy (non-hydrogen) atoms. The molecule has 2 atom stereocenters. The largest absolute Gasteiger partial charge is 0.493 e. The number of anilines is 1. The van der Waals surface area contributed by atoms with Gasteiger partial charge in [0.15, 0.2) is 11.5 Å². The Bertz CT molecular complexity index is 1360. The van der Waals surface area contributed by atoms with Crippen molar-refractivity contribution in [2.45, 2.75) is 52.1 Å². The summed E-state index contributed by atoms with van der Waals surface area (Å²) in [4.78, 5) is 50.3. The van der Waals surface area contributed by atoms with Gasteiger partial charge in [0.1, 0.15) is 6.04 Å². The van der Waals surface area contributed by atoms with Gasteiger partial charge in [-0.1, -0.05) is 19.9 Å². The van der Waals surface area contributed by atoms with E-state index < -0.39 is 24.0 Å². The van der Waals surface area contributed by atoms with Crippen molar-refractivity contribution in [3.05, 3.63) is 45.6 Å². The Balaban J connectivity index is 2.06. The molecule has 2 aromatic carbocycles. The lowest BCUT2D eigenvalue weighted by molar-refractivity contribution is -0.145. The molecule has 11 nitrogen and oxygen atoms in total. The van der Waals surface area contributed by atoms with Gasteiger partial charge in [-0.2, -0.15) is 0 Å². The highest BCUT2D eigenvalue weighted by molar-refractivity contribution is 5.87. The van der Waals surface area contributed by atoms with Crippen molar-refractivity contribution in [3.63, 3.8) is 0 Å². The van der Waals surface area contributed by atoms with Crippen LogP contribution in [-0.4, -0.2) is 58.8 Å². The molecule has 3 N–H and O–H groups in total. The Hall–Kier alpha value is -4.28. The molecular weight excluding hydrogens is 530 g/mol. The van der Waals surface area contributed by atoms with Gasteiger partial charge in [0.25, 0.3) is 0 Å². The van der Waals surface area contributed by atoms with Crippen LogP contribution in [-0.2, 0) is 25.5 Å². The molecular formula is C30H39N3O8. The SMILES string of the molecule is COC(=O)[C@@H](CC(C)C)NC(=O)CNc1ccc2c(cc1=O)[C@H](NC(C)=O)CCc1cc(OC)c(OC)c(OC)c1-2. The number of methoxy groups -OCH3 is 4. The summed E-state index contributed by atoms with van der Waals surface area (Å²) in [5.74, 6) is 0.275. The number of ether oxygens (including phenoxy) is 4. The van der Waals surface area contributed by atoms with Gasteiger partial charge in [0.2, 0.25) is 23.0 Å². The Labute approximate surface area is 239 Å². The molecule has 0 bridgehead atoms. The van der Waals surface area contributed by atoms with E-state index in [0.29, 0.717) is 47.6 Å². The third-order valence-electron chi connectivity index (χ3n) is 6.88. The topological polar surface area (TPSA) is 141 Å². The highest BCUT2D eigenvalue weighted by Gasteiger charge is 2.29. The maximum Gasteiger partial charge on any atom is 0.328 e. The molecule has 0 unspecified atom stereocenters. The van der Waals surface area contributed by atoms with Crippen LogP contribution in [0.5, 0.6) is 17.2 Å². The van der Waals surface area contributed by atoms with Crippen molar-refractivity contribution in [1.29, 1.82) is 0 Å². The summed E-state index contributed by atoms with van der Waals surface area (Å²) in [5, 5.41) is 8.53. The summed E-state index contributed by atoms with van der Waals surface area (Å²) in [6.45, 7) is 5.06. The van der Waals surface area contributed by atoms with Crippen molar-refractivity contribution >= 4 is 23.5 Å². The molecule has 11 heteroatoms. The monoisotopic (exact) mass is 569 g/mol. The smallest absolute Gasteiger partial charge is 0.328 e. The number of rotatable bonds is 11. The number of nitrogens with one attached hydrogen (secondary N) is 3. The second kappa shape index (κ2) is 13.9. The number of hydrogen-bond acceptors (Lipinski definition) is 9. The van der Waals surface area contributed by atoms with Crippen LogP contribution in [0.4, 0.5) is 5.69 Å². The normalized spacial score (nSPS) is 14.5. The number of fused-ring (bicyclic) bond motifs is 3. The van der Waals surface area contributed by atoms with Gasteiger partial charge in [-0.25, -0.2) is 4.79 Å². The lowest BCUT2D eigenvalue weighted by Gasteiger charge is -2.19. The van der Waals surface area contributed by atoms with Crippen LogP contribution < -0.4 is 35.6 Å². The zero-order valence-corrected chi connectivity index (χ0v) is 24.6. The number of hydrogen-bond donors (Lipinski definition) is 3. The molecule has 0 saturated carbocycles. The van der Waals surface area contributed by atoms with E-state index in [9.17, 15) is 19.2 Å². The molecule has 0 aliphatic heterocycles. The molecule has 0 aromatic heterocycles. The average molecular weight is 570 g/mol. The lowest BCUT2D eigenvalue weighted by atomic mass is 9.95. The first-order valence-electron chi connectivity index (χ1n) is 13.4. The van der Waals surface area contributed by atoms with Crippen LogP contribution in [0.3, 0.4) is 0 Å². The standard InChI is InChI=1S/C30H39N3O8/c1-16(2)12-23(30(37)41-7)33-26(36)15-31-22-11-9-19-20(14-24(22)35)21(32-17(3)34)10-8-18-13-25(38-4)28(39-5)29(40-6)27(18)19/h9,11,13-14,16,21,23H,8,10,12,15H2,1-7H3,(H,31,35)(H,32,34)(H,33,36)/t21-,23-/m1/s1. The lowest BCUT2D eigenvalue weighted by Crippen LogP contribution is -2.44. The van der Waals surface area contributed by atoms with E-state index >= 15 is 0 Å². The van der Waals surface area contributed by atoms with Crippen molar-refractivity contribution in [2.75, 3.05) is 40.3 Å². The van der Waals surface area contributed by atoms with Crippen LogP contribution in [0, 0.1) is 5.92 Å². The molecule has 3 rings (SSSR count). The third kappa shape index (κ3) is 7.27. The highest BCUT2D eigenvalue weighted by atomic mass is 16.5. The number of carbonyl (C=O) groups is 3. The zero-order valence-electron chi connectivity index (χ0n) is 24.6. The molecule has 1 aliphatic carbocycles. The van der Waals surface area contributed by atoms with E-state index in [-0.39, 0.29) is 29.5 Å². The van der Waals surface area contributed by atoms with Gasteiger partial charge in [-0.15, -0.1) is 0 Å². The minimum Gasteiger partial charge on any atom is -0.493 e. The molecule has 2 amide bonds. The van der Waals surface area contributed by atoms with Crippen LogP contribution in [0.1, 0.15) is 50.8 Å². The molecule has 0 spiro atoms. The summed E-state index contributed by atoms with van der Waals surface area (Å²) in [6.07, 6.45) is 1.52. The highest BCUT2D eigenvalue weighted by Crippen LogP contribution is 2.50. The average Bonchev–Trinajstić information content (AvgIpc) is 3.17. The van der Waals surface area contributed by atoms with E-state index in [4.69, 9.17) is 18.9 Å². The number of amides is 2. The Kier molecular flexibility index (Phi) is 10.6. The molecule has 0 fully saturated rings. The van der Waals surface area contributed by atoms with Gasteiger partial charge < -0.3 is 34.9 Å². The van der Waals surface area contributed by atoms with Crippen LogP contribution >= 0.6 is 0 Å². The maximum absolute atomic E-state index is 13.4. The first-order chi connectivity index (χ1) is 19.5. The molecule has 222 valence electrons. The molecule has 2 aromatic rings. The Morgan fingerprint density at radius 3 is 2.29 bits per heavy atom. The number of aryl methyl sites for hydroxylation is 1. The second-order valence-corrected chi connectivity index (χ2v) is 10.2. The van der Waals surface area contributed by atoms with Gasteiger partial charge in [0.05, 0.1) is 46.7 Å². The molecule has 1 aliphatic rings. The Morgan fingerprint density at radius 1 is 1.00 bits per heavy atom. The predicted molar refractivity (Wildman–Crippen MR) is 155 cm³/mol. The van der Waals surface area contributed by atoms with E-state index in [2.05, 4.69) is 16.0 Å². The number of esters is 1. The van der Waals surface area contributed by atoms with E-state index in [0.717, 1.165) is 11.1 Å². The maximum atomic E-state index is 13.4. The summed E-state index contributed by atoms with van der Waals surface area (Å²) < 4.78 is 21.8. The number of benzene rings is 1. The molecule has 0 heterocycles. The second-order valence-electron chi connectivity index (χ2n) is 10.2. The fraction of sp³-hybridized carbons (Fsp3) is 0.467. The van der Waals surface area contributed by atoms with E-state index in [1.165, 1.54) is 34.3 Å². The van der Waals surface area contributed by atoms with Gasteiger partial charge >= 0.3 is 5.97 Å². The van der Waals surface area contributed by atoms with Crippen molar-refractivity contribution in [1.82, 2.24) is 10.6 Å². The zero-order chi connectivity index (χ0) is 30.3. The predicted octanol–water partition coefficient (Wildman–Crippen LogP) is 2.98. The first kappa shape index (κ1) is 31.3. The summed E-state index contributed by atoms with van der Waals surface area (Å²) >= 11 is 0. The summed E-state index contributed by atoms with van der Waals surface area (Å²) in [7, 11) is 5.86. The van der Waals surface area contributed by atoms with Gasteiger partial charge in [-0.3, -0.25) is 14.4 Å². The van der Waals surface area contributed by atoms with Crippen molar-refractivity contribution < 1.29 is 33.3 Å². The van der Waals surface area contributed by atoms with Crippen molar-refractivity contribution in [3.8, 4) is 28.4 Å². The van der Waals surface area contributed by atoms with Crippen LogP contribution in [0.25, 0.3) is 11.1 Å². The van der Waals surface area contributed by atoms with Crippen LogP contribution in [0.15, 0.2) is 29.1 Å². The fourth-order valence-corrected chi connectivity index (χ4v) is 5.10. The van der Waals surface area contributed by atoms with Crippen LogP contribution in [0.2, 0.25) is 0 Å². The minimum atomic E-state index is -0.793. The third-order valence-corrected chi connectivity index (χ3v) is 6.88. The number of carbonyl (C=O) groups excluding carboxylic acids is 3. The van der Waals surface area contributed by atoms with Gasteiger partial charge in [0, 0.05) is 12.5 Å². The quantitative estimate of drug-likeness (QED) is 0.348. The summed E-state index contributed by atoms with van der Waals surface area (Å²) in [6, 6.07) is 5.46. The van der Waals surface area contributed by atoms with E-state index in [1.807, 2.05) is 19.9 Å². The fourth-order valence-electron chi connectivity index (χ4n) is 5.10.